The molecule has 1 saturated heterocycles. The van der Waals surface area contributed by atoms with E-state index in [1.165, 1.54) is 12.1 Å². The third-order valence-electron chi connectivity index (χ3n) is 6.32. The molecule has 3 rings (SSSR count). The van der Waals surface area contributed by atoms with Crippen LogP contribution < -0.4 is 20.3 Å². The fraction of sp³-hybridized carbons (Fsp3) is 0.440. The molecule has 1 aliphatic heterocycles. The molecule has 9 nitrogen and oxygen atoms in total. The molecule has 2 amide bonds. The second kappa shape index (κ2) is 13.3. The predicted molar refractivity (Wildman–Crippen MR) is 144 cm³/mol. The van der Waals surface area contributed by atoms with Gasteiger partial charge in [0.05, 0.1) is 36.2 Å². The maximum absolute atomic E-state index is 14.9. The third-order valence-corrected chi connectivity index (χ3v) is 7.22. The largest absolute Gasteiger partial charge is 0.390 e. The monoisotopic (exact) mass is 625 g/mol. The number of amides is 2. The number of hydrogen-bond donors (Lipinski definition) is 3. The Hall–Kier alpha value is -3.01. The van der Waals surface area contributed by atoms with Gasteiger partial charge >= 0.3 is 6.18 Å². The van der Waals surface area contributed by atoms with Gasteiger partial charge in [-0.15, -0.1) is 0 Å². The van der Waals surface area contributed by atoms with Crippen molar-refractivity contribution >= 4 is 44.8 Å². The fourth-order valence-electron chi connectivity index (χ4n) is 4.27. The second-order valence-electron chi connectivity index (χ2n) is 9.59. The highest BCUT2D eigenvalue weighted by atomic mass is 35.5. The van der Waals surface area contributed by atoms with Crippen molar-refractivity contribution in [2.24, 2.45) is 0 Å². The smallest absolute Gasteiger partial charge is 0.365 e. The van der Waals surface area contributed by atoms with Gasteiger partial charge in [-0.2, -0.15) is 13.2 Å². The number of carbonyl (C=O) groups is 2. The number of alkyl halides is 3. The van der Waals surface area contributed by atoms with E-state index in [2.05, 4.69) is 10.6 Å². The maximum Gasteiger partial charge on any atom is 0.390 e. The van der Waals surface area contributed by atoms with Gasteiger partial charge in [0.2, 0.25) is 15.9 Å². The molecule has 0 aromatic heterocycles. The van der Waals surface area contributed by atoms with E-state index in [4.69, 9.17) is 11.6 Å². The van der Waals surface area contributed by atoms with Gasteiger partial charge in [0.25, 0.3) is 5.91 Å². The zero-order valence-electron chi connectivity index (χ0n) is 22.1. The Labute approximate surface area is 239 Å². The number of nitrogens with zero attached hydrogens (tertiary/aromatic N) is 2. The minimum absolute atomic E-state index is 0.136. The SMILES string of the molecule is C[C@@H]1CN(CCC(F)(F)F)CCN1c1cc(Cl)ccc1NC(=O)c1ccc(CNC(=O)CNS(C)(=O)=O)c(F)c1F. The van der Waals surface area contributed by atoms with E-state index in [0.29, 0.717) is 30.3 Å². The number of nitrogens with one attached hydrogen (secondary N) is 3. The van der Waals surface area contributed by atoms with Gasteiger partial charge in [-0.3, -0.25) is 14.5 Å². The molecule has 1 heterocycles. The first kappa shape index (κ1) is 32.5. The Morgan fingerprint density at radius 2 is 1.80 bits per heavy atom. The van der Waals surface area contributed by atoms with Crippen molar-refractivity contribution in [2.45, 2.75) is 32.1 Å². The van der Waals surface area contributed by atoms with Crippen molar-refractivity contribution in [2.75, 3.05) is 49.2 Å². The zero-order chi connectivity index (χ0) is 30.5. The van der Waals surface area contributed by atoms with Crippen molar-refractivity contribution in [1.29, 1.82) is 0 Å². The van der Waals surface area contributed by atoms with Crippen LogP contribution in [0, 0.1) is 11.6 Å². The Morgan fingerprint density at radius 3 is 2.44 bits per heavy atom. The van der Waals surface area contributed by atoms with Crippen molar-refractivity contribution in [1.82, 2.24) is 14.9 Å². The topological polar surface area (TPSA) is 111 Å². The molecule has 3 N–H and O–H groups in total. The molecule has 0 bridgehead atoms. The number of anilines is 2. The molecule has 0 saturated carbocycles. The molecule has 2 aromatic carbocycles. The lowest BCUT2D eigenvalue weighted by molar-refractivity contribution is -0.138. The summed E-state index contributed by atoms with van der Waals surface area (Å²) in [7, 11) is -3.62. The van der Waals surface area contributed by atoms with Gasteiger partial charge in [-0.05, 0) is 31.2 Å². The molecule has 0 aliphatic carbocycles. The highest BCUT2D eigenvalue weighted by Crippen LogP contribution is 2.33. The van der Waals surface area contributed by atoms with Crippen LogP contribution in [0.5, 0.6) is 0 Å². The fourth-order valence-corrected chi connectivity index (χ4v) is 4.83. The third kappa shape index (κ3) is 9.51. The van der Waals surface area contributed by atoms with Crippen molar-refractivity contribution in [3.8, 4) is 0 Å². The van der Waals surface area contributed by atoms with Crippen LogP contribution in [0.3, 0.4) is 0 Å². The summed E-state index contributed by atoms with van der Waals surface area (Å²) in [6.07, 6.45) is -4.33. The van der Waals surface area contributed by atoms with E-state index in [0.717, 1.165) is 18.4 Å². The van der Waals surface area contributed by atoms with Gasteiger partial charge < -0.3 is 15.5 Å². The summed E-state index contributed by atoms with van der Waals surface area (Å²) in [5.74, 6) is -4.56. The van der Waals surface area contributed by atoms with Crippen LogP contribution in [-0.4, -0.2) is 76.3 Å². The summed E-state index contributed by atoms with van der Waals surface area (Å²) in [5, 5.41) is 5.14. The minimum atomic E-state index is -4.26. The second-order valence-corrected chi connectivity index (χ2v) is 11.9. The average Bonchev–Trinajstić information content (AvgIpc) is 2.87. The van der Waals surface area contributed by atoms with E-state index in [1.807, 2.05) is 16.5 Å². The van der Waals surface area contributed by atoms with Crippen LogP contribution in [0.4, 0.5) is 33.3 Å². The Morgan fingerprint density at radius 1 is 1.10 bits per heavy atom. The molecule has 2 aromatic rings. The molecule has 0 spiro atoms. The Balaban J connectivity index is 1.71. The Bertz CT molecular complexity index is 1390. The van der Waals surface area contributed by atoms with E-state index in [9.17, 15) is 40.0 Å². The lowest BCUT2D eigenvalue weighted by Crippen LogP contribution is -2.52. The van der Waals surface area contributed by atoms with E-state index < -0.39 is 64.7 Å². The normalized spacial score (nSPS) is 16.5. The Kier molecular flexibility index (Phi) is 10.6. The number of hydrogen-bond acceptors (Lipinski definition) is 6. The molecule has 1 fully saturated rings. The van der Waals surface area contributed by atoms with Crippen molar-refractivity contribution in [3.63, 3.8) is 0 Å². The summed E-state index contributed by atoms with van der Waals surface area (Å²) >= 11 is 6.18. The molecule has 0 radical (unpaired) electrons. The van der Waals surface area contributed by atoms with E-state index >= 15 is 0 Å². The lowest BCUT2D eigenvalue weighted by atomic mass is 10.1. The molecular formula is C25H29ClF5N5O4S. The summed E-state index contributed by atoms with van der Waals surface area (Å²) in [5.41, 5.74) is -0.167. The first-order valence-corrected chi connectivity index (χ1v) is 14.7. The number of carbonyl (C=O) groups excluding carboxylic acids is 2. The predicted octanol–water partition coefficient (Wildman–Crippen LogP) is 3.50. The molecule has 1 atom stereocenters. The lowest BCUT2D eigenvalue weighted by Gasteiger charge is -2.42. The molecule has 16 heteroatoms. The first-order chi connectivity index (χ1) is 19.0. The molecule has 226 valence electrons. The molecule has 41 heavy (non-hydrogen) atoms. The summed E-state index contributed by atoms with van der Waals surface area (Å²) in [6.45, 7) is 1.64. The highest BCUT2D eigenvalue weighted by molar-refractivity contribution is 7.88. The standard InChI is InChI=1S/C25H29ClF5N5O4S/c1-15-14-35(8-7-25(29,30)31)9-10-36(15)20-11-17(26)4-6-19(20)34-24(38)18-5-3-16(22(27)23(18)28)12-32-21(37)13-33-41(2,39)40/h3-6,11,15,33H,7-10,12-14H2,1-2H3,(H,32,37)(H,34,38)/t15-/m1/s1. The van der Waals surface area contributed by atoms with Crippen LogP contribution in [0.1, 0.15) is 29.3 Å². The van der Waals surface area contributed by atoms with E-state index in [1.54, 1.807) is 11.0 Å². The van der Waals surface area contributed by atoms with Crippen LogP contribution in [-0.2, 0) is 21.4 Å². The molecule has 0 unspecified atom stereocenters. The van der Waals surface area contributed by atoms with Crippen LogP contribution in [0.25, 0.3) is 0 Å². The number of sulfonamides is 1. The maximum atomic E-state index is 14.9. The van der Waals surface area contributed by atoms with Gasteiger partial charge in [0.1, 0.15) is 0 Å². The summed E-state index contributed by atoms with van der Waals surface area (Å²) in [4.78, 5) is 28.3. The van der Waals surface area contributed by atoms with Crippen LogP contribution in [0.2, 0.25) is 5.02 Å². The van der Waals surface area contributed by atoms with Crippen LogP contribution >= 0.6 is 11.6 Å². The minimum Gasteiger partial charge on any atom is -0.365 e. The van der Waals surface area contributed by atoms with Gasteiger partial charge in [-0.1, -0.05) is 17.7 Å². The number of benzene rings is 2. The number of rotatable bonds is 10. The van der Waals surface area contributed by atoms with Crippen LogP contribution in [0.15, 0.2) is 30.3 Å². The first-order valence-electron chi connectivity index (χ1n) is 12.4. The van der Waals surface area contributed by atoms with Crippen molar-refractivity contribution < 1.29 is 40.0 Å². The molecular weight excluding hydrogens is 597 g/mol. The van der Waals surface area contributed by atoms with Crippen molar-refractivity contribution in [3.05, 3.63) is 58.1 Å². The van der Waals surface area contributed by atoms with E-state index in [-0.39, 0.29) is 23.8 Å². The summed E-state index contributed by atoms with van der Waals surface area (Å²) < 4.78 is 91.6. The zero-order valence-corrected chi connectivity index (χ0v) is 23.7. The highest BCUT2D eigenvalue weighted by Gasteiger charge is 2.31. The number of halogens is 6. The quantitative estimate of drug-likeness (QED) is 0.349. The van der Waals surface area contributed by atoms with Gasteiger partial charge in [0, 0.05) is 49.4 Å². The van der Waals surface area contributed by atoms with Gasteiger partial charge in [0.15, 0.2) is 11.6 Å². The number of piperazine rings is 1. The van der Waals surface area contributed by atoms with Gasteiger partial charge in [-0.25, -0.2) is 21.9 Å². The molecule has 1 aliphatic rings. The average molecular weight is 626 g/mol. The summed E-state index contributed by atoms with van der Waals surface area (Å²) in [6, 6.07) is 6.46.